The number of carbonyl (C=O) groups is 1. The number of nitrogens with zero attached hydrogens (tertiary/aromatic N) is 3. The molecule has 0 fully saturated rings. The van der Waals surface area contributed by atoms with Crippen molar-refractivity contribution >= 4 is 17.4 Å². The van der Waals surface area contributed by atoms with E-state index in [0.717, 1.165) is 31.8 Å². The zero-order valence-electron chi connectivity index (χ0n) is 17.2. The van der Waals surface area contributed by atoms with Crippen LogP contribution in [0.1, 0.15) is 54.0 Å². The van der Waals surface area contributed by atoms with Gasteiger partial charge in [-0.15, -0.1) is 0 Å². The smallest absolute Gasteiger partial charge is 0.298 e. The fourth-order valence-electron chi connectivity index (χ4n) is 3.07. The number of hydrogen-bond acceptors (Lipinski definition) is 5. The molecule has 3 rings (SSSR count). The first-order valence-electron chi connectivity index (χ1n) is 10.0. The van der Waals surface area contributed by atoms with Crippen molar-refractivity contribution in [1.29, 1.82) is 0 Å². The lowest BCUT2D eigenvalue weighted by molar-refractivity contribution is 0.0755. The molecule has 152 valence electrons. The van der Waals surface area contributed by atoms with Gasteiger partial charge in [-0.3, -0.25) is 4.79 Å². The Morgan fingerprint density at radius 3 is 2.48 bits per heavy atom. The van der Waals surface area contributed by atoms with Crippen LogP contribution in [0.25, 0.3) is 0 Å². The Bertz CT molecular complexity index is 931. The number of benzene rings is 2. The van der Waals surface area contributed by atoms with Crippen molar-refractivity contribution in [1.82, 2.24) is 14.3 Å². The van der Waals surface area contributed by atoms with Crippen molar-refractivity contribution in [3.05, 3.63) is 71.0 Å². The molecule has 0 bridgehead atoms. The van der Waals surface area contributed by atoms with Gasteiger partial charge in [-0.25, -0.2) is 0 Å². The Morgan fingerprint density at radius 2 is 1.79 bits per heavy atom. The molecule has 5 nitrogen and oxygen atoms in total. The van der Waals surface area contributed by atoms with Crippen LogP contribution < -0.4 is 4.74 Å². The fourth-order valence-corrected chi connectivity index (χ4v) is 3.64. The highest BCUT2D eigenvalue weighted by Crippen LogP contribution is 2.25. The van der Waals surface area contributed by atoms with E-state index in [0.29, 0.717) is 22.9 Å². The normalized spacial score (nSPS) is 10.7. The number of ether oxygens (including phenoxy) is 1. The summed E-state index contributed by atoms with van der Waals surface area (Å²) in [5, 5.41) is 0.482. The minimum atomic E-state index is 0.0384. The van der Waals surface area contributed by atoms with E-state index < -0.39 is 0 Å². The van der Waals surface area contributed by atoms with Crippen LogP contribution in [0.5, 0.6) is 10.9 Å². The number of carbonyl (C=O) groups excluding carboxylic acids is 1. The summed E-state index contributed by atoms with van der Waals surface area (Å²) < 4.78 is 10.3. The summed E-state index contributed by atoms with van der Waals surface area (Å²) in [5.41, 5.74) is 3.03. The Hall–Kier alpha value is -2.73. The SMILES string of the molecule is CCCN(CCC)C(=O)c1cccc(Oc2nc(Cc3ccc(C)cc3)ns2)c1. The number of aryl methyl sites for hydroxylation is 1. The highest BCUT2D eigenvalue weighted by Gasteiger charge is 2.15. The molecule has 0 saturated heterocycles. The van der Waals surface area contributed by atoms with E-state index in [4.69, 9.17) is 4.74 Å². The first-order chi connectivity index (χ1) is 14.1. The zero-order valence-corrected chi connectivity index (χ0v) is 18.0. The Balaban J connectivity index is 1.68. The van der Waals surface area contributed by atoms with Gasteiger partial charge < -0.3 is 9.64 Å². The van der Waals surface area contributed by atoms with Crippen LogP contribution in [0.3, 0.4) is 0 Å². The van der Waals surface area contributed by atoms with E-state index in [1.54, 1.807) is 6.07 Å². The molecule has 1 aromatic heterocycles. The van der Waals surface area contributed by atoms with Gasteiger partial charge in [-0.05, 0) is 43.5 Å². The molecule has 0 spiro atoms. The van der Waals surface area contributed by atoms with Gasteiger partial charge in [-0.1, -0.05) is 49.7 Å². The highest BCUT2D eigenvalue weighted by molar-refractivity contribution is 7.07. The lowest BCUT2D eigenvalue weighted by Gasteiger charge is -2.21. The number of rotatable bonds is 9. The summed E-state index contributed by atoms with van der Waals surface area (Å²) >= 11 is 1.22. The predicted molar refractivity (Wildman–Crippen MR) is 117 cm³/mol. The van der Waals surface area contributed by atoms with Gasteiger partial charge in [-0.2, -0.15) is 9.36 Å². The van der Waals surface area contributed by atoms with Gasteiger partial charge in [0, 0.05) is 36.6 Å². The molecule has 0 radical (unpaired) electrons. The largest absolute Gasteiger partial charge is 0.430 e. The molecule has 0 aliphatic carbocycles. The predicted octanol–water partition coefficient (Wildman–Crippen LogP) is 5.49. The second-order valence-corrected chi connectivity index (χ2v) is 7.78. The standard InChI is InChI=1S/C23H27N3O2S/c1-4-13-26(14-5-2)22(27)19-7-6-8-20(16-19)28-23-24-21(25-29-23)15-18-11-9-17(3)10-12-18/h6-12,16H,4-5,13-15H2,1-3H3. The van der Waals surface area contributed by atoms with Crippen LogP contribution in [-0.2, 0) is 6.42 Å². The molecule has 29 heavy (non-hydrogen) atoms. The molecule has 2 aromatic carbocycles. The van der Waals surface area contributed by atoms with E-state index in [9.17, 15) is 4.79 Å². The zero-order chi connectivity index (χ0) is 20.6. The van der Waals surface area contributed by atoms with Gasteiger partial charge in [0.05, 0.1) is 0 Å². The van der Waals surface area contributed by atoms with Gasteiger partial charge in [0.2, 0.25) is 0 Å². The monoisotopic (exact) mass is 409 g/mol. The van der Waals surface area contributed by atoms with E-state index in [2.05, 4.69) is 54.4 Å². The Kier molecular flexibility index (Phi) is 7.36. The average Bonchev–Trinajstić information content (AvgIpc) is 3.16. The van der Waals surface area contributed by atoms with Crippen LogP contribution in [0.15, 0.2) is 48.5 Å². The molecule has 0 atom stereocenters. The maximum Gasteiger partial charge on any atom is 0.298 e. The summed E-state index contributed by atoms with van der Waals surface area (Å²) in [5.74, 6) is 1.37. The molecule has 0 aliphatic heterocycles. The third-order valence-corrected chi connectivity index (χ3v) is 5.13. The van der Waals surface area contributed by atoms with Crippen LogP contribution in [0.4, 0.5) is 0 Å². The van der Waals surface area contributed by atoms with Crippen molar-refractivity contribution in [3.8, 4) is 10.9 Å². The summed E-state index contributed by atoms with van der Waals surface area (Å²) in [6, 6.07) is 15.6. The summed E-state index contributed by atoms with van der Waals surface area (Å²) in [4.78, 5) is 19.2. The third kappa shape index (κ3) is 5.87. The number of hydrogen-bond donors (Lipinski definition) is 0. The molecule has 0 unspecified atom stereocenters. The summed E-state index contributed by atoms with van der Waals surface area (Å²) in [6.45, 7) is 7.75. The van der Waals surface area contributed by atoms with Crippen molar-refractivity contribution in [2.75, 3.05) is 13.1 Å². The van der Waals surface area contributed by atoms with Crippen molar-refractivity contribution in [3.63, 3.8) is 0 Å². The lowest BCUT2D eigenvalue weighted by atomic mass is 10.1. The van der Waals surface area contributed by atoms with Crippen molar-refractivity contribution in [2.24, 2.45) is 0 Å². The molecule has 6 heteroatoms. The molecule has 3 aromatic rings. The summed E-state index contributed by atoms with van der Waals surface area (Å²) in [6.07, 6.45) is 2.55. The molecule has 1 heterocycles. The number of amides is 1. The topological polar surface area (TPSA) is 55.3 Å². The maximum absolute atomic E-state index is 12.8. The van der Waals surface area contributed by atoms with E-state index in [1.165, 1.54) is 22.7 Å². The van der Waals surface area contributed by atoms with E-state index >= 15 is 0 Å². The van der Waals surface area contributed by atoms with Gasteiger partial charge in [0.25, 0.3) is 11.1 Å². The summed E-state index contributed by atoms with van der Waals surface area (Å²) in [7, 11) is 0. The van der Waals surface area contributed by atoms with E-state index in [-0.39, 0.29) is 5.91 Å². The van der Waals surface area contributed by atoms with Gasteiger partial charge in [0.15, 0.2) is 5.82 Å². The first-order valence-corrected chi connectivity index (χ1v) is 10.8. The van der Waals surface area contributed by atoms with Crippen molar-refractivity contribution in [2.45, 2.75) is 40.0 Å². The molecular weight excluding hydrogens is 382 g/mol. The van der Waals surface area contributed by atoms with Gasteiger partial charge in [0.1, 0.15) is 5.75 Å². The third-order valence-electron chi connectivity index (χ3n) is 4.49. The molecular formula is C23H27N3O2S. The molecule has 0 N–H and O–H groups in total. The molecule has 0 aliphatic rings. The maximum atomic E-state index is 12.8. The quantitative estimate of drug-likeness (QED) is 0.469. The van der Waals surface area contributed by atoms with E-state index in [1.807, 2.05) is 23.1 Å². The Morgan fingerprint density at radius 1 is 1.07 bits per heavy atom. The molecule has 0 saturated carbocycles. The Labute approximate surface area is 176 Å². The lowest BCUT2D eigenvalue weighted by Crippen LogP contribution is -2.32. The van der Waals surface area contributed by atoms with Crippen LogP contribution in [0.2, 0.25) is 0 Å². The van der Waals surface area contributed by atoms with Gasteiger partial charge >= 0.3 is 0 Å². The second kappa shape index (κ2) is 10.2. The molecule has 1 amide bonds. The second-order valence-electron chi connectivity index (χ2n) is 7.06. The van der Waals surface area contributed by atoms with Crippen LogP contribution in [0, 0.1) is 6.92 Å². The first kappa shape index (κ1) is 21.0. The minimum Gasteiger partial charge on any atom is -0.430 e. The van der Waals surface area contributed by atoms with Crippen LogP contribution >= 0.6 is 11.5 Å². The van der Waals surface area contributed by atoms with Crippen molar-refractivity contribution < 1.29 is 9.53 Å². The minimum absolute atomic E-state index is 0.0384. The average molecular weight is 410 g/mol. The van der Waals surface area contributed by atoms with Crippen LogP contribution in [-0.4, -0.2) is 33.3 Å². The number of aromatic nitrogens is 2. The fraction of sp³-hybridized carbons (Fsp3) is 0.348. The highest BCUT2D eigenvalue weighted by atomic mass is 32.1.